The van der Waals surface area contributed by atoms with Crippen molar-refractivity contribution in [3.8, 4) is 5.75 Å². The predicted molar refractivity (Wildman–Crippen MR) is 52.9 cm³/mol. The van der Waals surface area contributed by atoms with E-state index in [2.05, 4.69) is 4.98 Å². The third-order valence-corrected chi connectivity index (χ3v) is 1.82. The van der Waals surface area contributed by atoms with E-state index < -0.39 is 12.1 Å². The summed E-state index contributed by atoms with van der Waals surface area (Å²) in [5, 5.41) is 8.83. The molecule has 15 heavy (non-hydrogen) atoms. The fraction of sp³-hybridized carbons (Fsp3) is 0.400. The molecule has 0 saturated heterocycles. The molecule has 82 valence electrons. The maximum atomic E-state index is 10.8. The Balaban J connectivity index is 2.74. The van der Waals surface area contributed by atoms with Crippen LogP contribution >= 0.6 is 0 Å². The first-order valence-electron chi connectivity index (χ1n) is 4.45. The molecule has 1 atom stereocenters. The van der Waals surface area contributed by atoms with E-state index in [9.17, 15) is 4.79 Å². The van der Waals surface area contributed by atoms with Crippen molar-refractivity contribution >= 4 is 5.97 Å². The lowest BCUT2D eigenvalue weighted by Crippen LogP contribution is -2.31. The van der Waals surface area contributed by atoms with Crippen LogP contribution in [-0.2, 0) is 9.53 Å². The number of ether oxygens (including phenoxy) is 2. The molecule has 0 aromatic carbocycles. The number of nitrogens with zero attached hydrogens (tertiary/aromatic N) is 1. The van der Waals surface area contributed by atoms with Gasteiger partial charge in [-0.25, -0.2) is 4.79 Å². The van der Waals surface area contributed by atoms with Gasteiger partial charge in [-0.2, -0.15) is 0 Å². The van der Waals surface area contributed by atoms with E-state index >= 15 is 0 Å². The zero-order valence-electron chi connectivity index (χ0n) is 8.64. The molecule has 1 N–H and O–H groups in total. The van der Waals surface area contributed by atoms with Crippen LogP contribution in [0.5, 0.6) is 5.75 Å². The molecule has 5 heteroatoms. The molecule has 0 spiro atoms. The van der Waals surface area contributed by atoms with Crippen LogP contribution in [0, 0.1) is 6.92 Å². The third-order valence-electron chi connectivity index (χ3n) is 1.82. The number of methoxy groups -OCH3 is 1. The topological polar surface area (TPSA) is 68.7 Å². The molecule has 1 aromatic rings. The molecule has 0 aliphatic rings. The van der Waals surface area contributed by atoms with Crippen molar-refractivity contribution in [2.75, 3.05) is 13.7 Å². The highest BCUT2D eigenvalue weighted by Crippen LogP contribution is 2.15. The molecule has 0 radical (unpaired) electrons. The monoisotopic (exact) mass is 211 g/mol. The van der Waals surface area contributed by atoms with Gasteiger partial charge in [0.25, 0.3) is 0 Å². The first-order chi connectivity index (χ1) is 7.15. The largest absolute Gasteiger partial charge is 0.478 e. The number of carboxylic acids is 1. The summed E-state index contributed by atoms with van der Waals surface area (Å²) in [4.78, 5) is 14.8. The minimum atomic E-state index is -1.06. The van der Waals surface area contributed by atoms with Crippen molar-refractivity contribution in [3.63, 3.8) is 0 Å². The lowest BCUT2D eigenvalue weighted by atomic mass is 10.3. The normalized spacial score (nSPS) is 12.1. The minimum Gasteiger partial charge on any atom is -0.478 e. The van der Waals surface area contributed by atoms with E-state index in [4.69, 9.17) is 14.6 Å². The lowest BCUT2D eigenvalue weighted by Gasteiger charge is -2.14. The van der Waals surface area contributed by atoms with Crippen LogP contribution in [0.25, 0.3) is 0 Å². The molecule has 1 heterocycles. The van der Waals surface area contributed by atoms with Gasteiger partial charge in [-0.3, -0.25) is 4.98 Å². The standard InChI is InChI=1S/C10H13NO4/c1-7-8(4-3-5-11-7)15-9(6-14-2)10(12)13/h3-5,9H,6H2,1-2H3,(H,12,13). The molecule has 1 rings (SSSR count). The average molecular weight is 211 g/mol. The number of aryl methyl sites for hydroxylation is 1. The van der Waals surface area contributed by atoms with Gasteiger partial charge in [-0.15, -0.1) is 0 Å². The second kappa shape index (κ2) is 5.31. The van der Waals surface area contributed by atoms with Crippen molar-refractivity contribution in [3.05, 3.63) is 24.0 Å². The van der Waals surface area contributed by atoms with Crippen LogP contribution in [-0.4, -0.2) is 35.9 Å². The van der Waals surface area contributed by atoms with E-state index in [-0.39, 0.29) is 6.61 Å². The molecular formula is C10H13NO4. The summed E-state index contributed by atoms with van der Waals surface area (Å²) in [6, 6.07) is 3.36. The number of carboxylic acid groups (broad SMARTS) is 1. The van der Waals surface area contributed by atoms with Gasteiger partial charge in [-0.05, 0) is 19.1 Å². The number of aromatic nitrogens is 1. The van der Waals surface area contributed by atoms with Crippen LogP contribution < -0.4 is 4.74 Å². The van der Waals surface area contributed by atoms with Crippen LogP contribution in [0.15, 0.2) is 18.3 Å². The summed E-state index contributed by atoms with van der Waals surface area (Å²) in [7, 11) is 1.43. The van der Waals surface area contributed by atoms with E-state index in [1.54, 1.807) is 25.3 Å². The Labute approximate surface area is 87.7 Å². The maximum Gasteiger partial charge on any atom is 0.347 e. The summed E-state index contributed by atoms with van der Waals surface area (Å²) in [6.07, 6.45) is 0.617. The quantitative estimate of drug-likeness (QED) is 0.782. The van der Waals surface area contributed by atoms with E-state index in [1.807, 2.05) is 0 Å². The second-order valence-corrected chi connectivity index (χ2v) is 2.99. The van der Waals surface area contributed by atoms with E-state index in [0.717, 1.165) is 0 Å². The lowest BCUT2D eigenvalue weighted by molar-refractivity contribution is -0.147. The third kappa shape index (κ3) is 3.21. The van der Waals surface area contributed by atoms with Gasteiger partial charge in [0.15, 0.2) is 0 Å². The predicted octanol–water partition coefficient (Wildman–Crippen LogP) is 0.868. The summed E-state index contributed by atoms with van der Waals surface area (Å²) in [6.45, 7) is 1.75. The fourth-order valence-corrected chi connectivity index (χ4v) is 1.05. The van der Waals surface area contributed by atoms with E-state index in [0.29, 0.717) is 11.4 Å². The van der Waals surface area contributed by atoms with Gasteiger partial charge >= 0.3 is 5.97 Å². The fourth-order valence-electron chi connectivity index (χ4n) is 1.05. The smallest absolute Gasteiger partial charge is 0.347 e. The van der Waals surface area contributed by atoms with Crippen LogP contribution in [0.1, 0.15) is 5.69 Å². The van der Waals surface area contributed by atoms with Crippen LogP contribution in [0.3, 0.4) is 0 Å². The molecule has 1 unspecified atom stereocenters. The zero-order valence-corrected chi connectivity index (χ0v) is 8.64. The Morgan fingerprint density at radius 2 is 2.40 bits per heavy atom. The molecule has 0 saturated carbocycles. The summed E-state index contributed by atoms with van der Waals surface area (Å²) < 4.78 is 10.0. The zero-order chi connectivity index (χ0) is 11.3. The summed E-state index contributed by atoms with van der Waals surface area (Å²) in [5.74, 6) is -0.595. The first-order valence-corrected chi connectivity index (χ1v) is 4.45. The molecule has 1 aromatic heterocycles. The molecule has 5 nitrogen and oxygen atoms in total. The van der Waals surface area contributed by atoms with Crippen molar-refractivity contribution in [1.29, 1.82) is 0 Å². The van der Waals surface area contributed by atoms with Gasteiger partial charge in [0, 0.05) is 13.3 Å². The maximum absolute atomic E-state index is 10.8. The van der Waals surface area contributed by atoms with Gasteiger partial charge < -0.3 is 14.6 Å². The van der Waals surface area contributed by atoms with Gasteiger partial charge in [0.1, 0.15) is 5.75 Å². The highest BCUT2D eigenvalue weighted by atomic mass is 16.5. The minimum absolute atomic E-state index is 0.00364. The number of pyridine rings is 1. The average Bonchev–Trinajstić information content (AvgIpc) is 2.20. The van der Waals surface area contributed by atoms with Crippen molar-refractivity contribution < 1.29 is 19.4 Å². The molecule has 0 bridgehead atoms. The number of aliphatic carboxylic acids is 1. The molecular weight excluding hydrogens is 198 g/mol. The summed E-state index contributed by atoms with van der Waals surface area (Å²) >= 11 is 0. The SMILES string of the molecule is COCC(Oc1cccnc1C)C(=O)O. The number of hydrogen-bond donors (Lipinski definition) is 1. The summed E-state index contributed by atoms with van der Waals surface area (Å²) in [5.41, 5.74) is 0.653. The van der Waals surface area contributed by atoms with Gasteiger partial charge in [0.2, 0.25) is 6.10 Å². The Kier molecular flexibility index (Phi) is 4.05. The molecule has 0 fully saturated rings. The Morgan fingerprint density at radius 3 is 2.93 bits per heavy atom. The molecule has 0 aliphatic carbocycles. The second-order valence-electron chi connectivity index (χ2n) is 2.99. The van der Waals surface area contributed by atoms with E-state index in [1.165, 1.54) is 7.11 Å². The van der Waals surface area contributed by atoms with Crippen LogP contribution in [0.2, 0.25) is 0 Å². The van der Waals surface area contributed by atoms with Crippen molar-refractivity contribution in [1.82, 2.24) is 4.98 Å². The Bertz CT molecular complexity index is 340. The number of carbonyl (C=O) groups is 1. The molecule has 0 aliphatic heterocycles. The Hall–Kier alpha value is -1.62. The number of hydrogen-bond acceptors (Lipinski definition) is 4. The van der Waals surface area contributed by atoms with Crippen molar-refractivity contribution in [2.45, 2.75) is 13.0 Å². The first kappa shape index (κ1) is 11.5. The van der Waals surface area contributed by atoms with Crippen LogP contribution in [0.4, 0.5) is 0 Å². The Morgan fingerprint density at radius 1 is 1.67 bits per heavy atom. The highest BCUT2D eigenvalue weighted by molar-refractivity contribution is 5.73. The van der Waals surface area contributed by atoms with Gasteiger partial charge in [0.05, 0.1) is 12.3 Å². The van der Waals surface area contributed by atoms with Crippen molar-refractivity contribution in [2.24, 2.45) is 0 Å². The molecule has 0 amide bonds. The highest BCUT2D eigenvalue weighted by Gasteiger charge is 2.19. The van der Waals surface area contributed by atoms with Gasteiger partial charge in [-0.1, -0.05) is 0 Å². The number of rotatable bonds is 5.